The fraction of sp³-hybridized carbons (Fsp3) is 0.846. The van der Waals surface area contributed by atoms with Crippen LogP contribution in [-0.4, -0.2) is 21.8 Å². The fourth-order valence-electron chi connectivity index (χ4n) is 1.56. The first-order valence-corrected chi connectivity index (χ1v) is 8.80. The second-order valence-corrected chi connectivity index (χ2v) is 7.10. The molecule has 2 nitrogen and oxygen atoms in total. The number of hydrogen-bond acceptors (Lipinski definition) is 2. The summed E-state index contributed by atoms with van der Waals surface area (Å²) in [5, 5.41) is 0. The molecule has 0 aliphatic carbocycles. The van der Waals surface area contributed by atoms with Crippen LogP contribution in [0.1, 0.15) is 53.4 Å². The van der Waals surface area contributed by atoms with Gasteiger partial charge in [0.1, 0.15) is 0 Å². The SMILES string of the molecule is CC/C=C/[Si](CCC)(OCCC)OCCC. The first-order chi connectivity index (χ1) is 7.74. The molecule has 0 aliphatic rings. The summed E-state index contributed by atoms with van der Waals surface area (Å²) in [6.07, 6.45) is 6.52. The van der Waals surface area contributed by atoms with Gasteiger partial charge in [-0.2, -0.15) is 0 Å². The summed E-state index contributed by atoms with van der Waals surface area (Å²) in [6.45, 7) is 10.3. The van der Waals surface area contributed by atoms with Gasteiger partial charge in [0.2, 0.25) is 0 Å². The van der Waals surface area contributed by atoms with E-state index in [0.717, 1.165) is 44.9 Å². The summed E-state index contributed by atoms with van der Waals surface area (Å²) in [7, 11) is -2.04. The second-order valence-electron chi connectivity index (χ2n) is 4.07. The molecule has 0 spiro atoms. The van der Waals surface area contributed by atoms with Crippen molar-refractivity contribution in [3.05, 3.63) is 11.8 Å². The van der Waals surface area contributed by atoms with Gasteiger partial charge in [-0.25, -0.2) is 0 Å². The lowest BCUT2D eigenvalue weighted by Crippen LogP contribution is -2.41. The molecular formula is C13H28O2Si. The van der Waals surface area contributed by atoms with Crippen LogP contribution in [0, 0.1) is 0 Å². The quantitative estimate of drug-likeness (QED) is 0.536. The molecule has 3 heteroatoms. The van der Waals surface area contributed by atoms with E-state index >= 15 is 0 Å². The van der Waals surface area contributed by atoms with E-state index < -0.39 is 8.56 Å². The van der Waals surface area contributed by atoms with Crippen molar-refractivity contribution in [2.24, 2.45) is 0 Å². The summed E-state index contributed by atoms with van der Waals surface area (Å²) in [4.78, 5) is 0. The highest BCUT2D eigenvalue weighted by molar-refractivity contribution is 6.72. The summed E-state index contributed by atoms with van der Waals surface area (Å²) in [6, 6.07) is 1.07. The molecule has 0 heterocycles. The van der Waals surface area contributed by atoms with Gasteiger partial charge in [0.25, 0.3) is 0 Å². The van der Waals surface area contributed by atoms with Gasteiger partial charge < -0.3 is 8.85 Å². The van der Waals surface area contributed by atoms with Crippen LogP contribution >= 0.6 is 0 Å². The minimum absolute atomic E-state index is 0.823. The van der Waals surface area contributed by atoms with Gasteiger partial charge in [0.15, 0.2) is 0 Å². The minimum Gasteiger partial charge on any atom is -0.391 e. The lowest BCUT2D eigenvalue weighted by molar-refractivity contribution is 0.178. The molecule has 0 radical (unpaired) electrons. The highest BCUT2D eigenvalue weighted by atomic mass is 28.4. The van der Waals surface area contributed by atoms with Crippen LogP contribution in [0.3, 0.4) is 0 Å². The van der Waals surface area contributed by atoms with E-state index in [0.29, 0.717) is 0 Å². The van der Waals surface area contributed by atoms with Crippen LogP contribution in [0.2, 0.25) is 6.04 Å². The zero-order chi connectivity index (χ0) is 12.3. The van der Waals surface area contributed by atoms with Gasteiger partial charge in [-0.05, 0) is 31.0 Å². The molecule has 0 aromatic rings. The average molecular weight is 244 g/mol. The Morgan fingerprint density at radius 1 is 0.875 bits per heavy atom. The lowest BCUT2D eigenvalue weighted by atomic mass is 10.5. The Hall–Kier alpha value is -0.123. The van der Waals surface area contributed by atoms with Crippen LogP contribution in [0.15, 0.2) is 11.8 Å². The zero-order valence-corrected chi connectivity index (χ0v) is 12.4. The average Bonchev–Trinajstić information content (AvgIpc) is 2.31. The Morgan fingerprint density at radius 2 is 1.44 bits per heavy atom. The van der Waals surface area contributed by atoms with Gasteiger partial charge in [-0.1, -0.05) is 40.2 Å². The molecule has 0 aromatic carbocycles. The third-order valence-corrected chi connectivity index (χ3v) is 5.63. The van der Waals surface area contributed by atoms with Crippen LogP contribution in [0.4, 0.5) is 0 Å². The van der Waals surface area contributed by atoms with Gasteiger partial charge in [0, 0.05) is 13.2 Å². The van der Waals surface area contributed by atoms with E-state index in [1.54, 1.807) is 0 Å². The highest BCUT2D eigenvalue weighted by Gasteiger charge is 2.33. The maximum atomic E-state index is 6.05. The number of allylic oxidation sites excluding steroid dienone is 1. The monoisotopic (exact) mass is 244 g/mol. The van der Waals surface area contributed by atoms with Gasteiger partial charge in [-0.3, -0.25) is 0 Å². The first kappa shape index (κ1) is 15.9. The molecule has 16 heavy (non-hydrogen) atoms. The molecule has 0 unspecified atom stereocenters. The Kier molecular flexibility index (Phi) is 9.98. The topological polar surface area (TPSA) is 18.5 Å². The minimum atomic E-state index is -2.04. The molecular weight excluding hydrogens is 216 g/mol. The summed E-state index contributed by atoms with van der Waals surface area (Å²) >= 11 is 0. The Morgan fingerprint density at radius 3 is 1.81 bits per heavy atom. The van der Waals surface area contributed by atoms with Crippen molar-refractivity contribution in [1.29, 1.82) is 0 Å². The van der Waals surface area contributed by atoms with E-state index in [4.69, 9.17) is 8.85 Å². The number of rotatable bonds is 10. The Bertz CT molecular complexity index is 173. The van der Waals surface area contributed by atoms with Crippen molar-refractivity contribution in [1.82, 2.24) is 0 Å². The van der Waals surface area contributed by atoms with Crippen LogP contribution in [-0.2, 0) is 8.85 Å². The molecule has 0 rings (SSSR count). The normalized spacial score (nSPS) is 12.5. The van der Waals surface area contributed by atoms with Gasteiger partial charge in [0.05, 0.1) is 0 Å². The summed E-state index contributed by atoms with van der Waals surface area (Å²) < 4.78 is 12.1. The van der Waals surface area contributed by atoms with E-state index in [1.807, 2.05) is 0 Å². The van der Waals surface area contributed by atoms with Crippen molar-refractivity contribution >= 4 is 8.56 Å². The molecule has 0 saturated carbocycles. The van der Waals surface area contributed by atoms with Crippen molar-refractivity contribution in [2.45, 2.75) is 59.4 Å². The third-order valence-electron chi connectivity index (χ3n) is 2.31. The molecule has 96 valence electrons. The standard InChI is InChI=1S/C13H28O2Si/c1-5-9-13-16(12-8-4,14-10-6-2)15-11-7-3/h9,13H,5-8,10-12H2,1-4H3/b13-9+. The van der Waals surface area contributed by atoms with Crippen molar-refractivity contribution in [2.75, 3.05) is 13.2 Å². The van der Waals surface area contributed by atoms with Gasteiger partial charge in [-0.15, -0.1) is 0 Å². The van der Waals surface area contributed by atoms with E-state index in [2.05, 4.69) is 39.5 Å². The van der Waals surface area contributed by atoms with Crippen LogP contribution in [0.5, 0.6) is 0 Å². The molecule has 0 amide bonds. The smallest absolute Gasteiger partial charge is 0.364 e. The Balaban J connectivity index is 4.51. The number of hydrogen-bond donors (Lipinski definition) is 0. The molecule has 0 bridgehead atoms. The molecule has 0 atom stereocenters. The fourth-order valence-corrected chi connectivity index (χ4v) is 4.68. The highest BCUT2D eigenvalue weighted by Crippen LogP contribution is 2.19. The Labute approximate surface area is 102 Å². The predicted octanol–water partition coefficient (Wildman–Crippen LogP) is 4.20. The van der Waals surface area contributed by atoms with Crippen LogP contribution in [0.25, 0.3) is 0 Å². The van der Waals surface area contributed by atoms with E-state index in [9.17, 15) is 0 Å². The predicted molar refractivity (Wildman–Crippen MR) is 72.8 cm³/mol. The first-order valence-electron chi connectivity index (χ1n) is 6.70. The largest absolute Gasteiger partial charge is 0.391 e. The zero-order valence-electron chi connectivity index (χ0n) is 11.4. The molecule has 0 aliphatic heterocycles. The molecule has 0 saturated heterocycles. The third kappa shape index (κ3) is 6.46. The second kappa shape index (κ2) is 10.1. The maximum Gasteiger partial charge on any atom is 0.364 e. The van der Waals surface area contributed by atoms with Crippen molar-refractivity contribution in [3.8, 4) is 0 Å². The summed E-state index contributed by atoms with van der Waals surface area (Å²) in [5.74, 6) is 0. The summed E-state index contributed by atoms with van der Waals surface area (Å²) in [5.41, 5.74) is 2.24. The van der Waals surface area contributed by atoms with Gasteiger partial charge >= 0.3 is 8.56 Å². The molecule has 0 N–H and O–H groups in total. The molecule has 0 aromatic heterocycles. The van der Waals surface area contributed by atoms with Crippen molar-refractivity contribution < 1.29 is 8.85 Å². The van der Waals surface area contributed by atoms with E-state index in [1.165, 1.54) is 0 Å². The van der Waals surface area contributed by atoms with Crippen LogP contribution < -0.4 is 0 Å². The molecule has 0 fully saturated rings. The van der Waals surface area contributed by atoms with Crippen molar-refractivity contribution in [3.63, 3.8) is 0 Å². The lowest BCUT2D eigenvalue weighted by Gasteiger charge is -2.27. The maximum absolute atomic E-state index is 6.05. The van der Waals surface area contributed by atoms with E-state index in [-0.39, 0.29) is 0 Å².